The van der Waals surface area contributed by atoms with Crippen molar-refractivity contribution in [3.05, 3.63) is 53.8 Å². The van der Waals surface area contributed by atoms with Crippen molar-refractivity contribution >= 4 is 0 Å². The molecule has 1 aliphatic heterocycles. The van der Waals surface area contributed by atoms with E-state index in [4.69, 9.17) is 4.74 Å². The highest BCUT2D eigenvalue weighted by molar-refractivity contribution is 5.66. The van der Waals surface area contributed by atoms with Crippen LogP contribution in [0.15, 0.2) is 42.5 Å². The molecule has 0 saturated heterocycles. The summed E-state index contributed by atoms with van der Waals surface area (Å²) in [5.41, 5.74) is 3.64. The van der Waals surface area contributed by atoms with Crippen LogP contribution in [0.2, 0.25) is 0 Å². The molecule has 2 aromatic rings. The van der Waals surface area contributed by atoms with Gasteiger partial charge in [-0.25, -0.2) is 4.39 Å². The molecule has 0 saturated carbocycles. The van der Waals surface area contributed by atoms with E-state index in [1.54, 1.807) is 0 Å². The Bertz CT molecular complexity index is 638. The highest BCUT2D eigenvalue weighted by Gasteiger charge is 2.31. The second-order valence-electron chi connectivity index (χ2n) is 6.82. The van der Waals surface area contributed by atoms with E-state index in [-0.39, 0.29) is 11.2 Å². The maximum absolute atomic E-state index is 13.1. The second kappa shape index (κ2) is 5.18. The Balaban J connectivity index is 2.05. The molecule has 1 nitrogen and oxygen atoms in total. The largest absolute Gasteiger partial charge is 0.493 e. The SMILES string of the molecule is CC(C)(C)C1CCOc2ccc(-c3ccc(F)cc3)cc21. The molecule has 3 rings (SSSR count). The molecule has 0 amide bonds. The summed E-state index contributed by atoms with van der Waals surface area (Å²) in [4.78, 5) is 0. The Morgan fingerprint density at radius 1 is 1.00 bits per heavy atom. The molecule has 21 heavy (non-hydrogen) atoms. The van der Waals surface area contributed by atoms with Gasteiger partial charge in [0.2, 0.25) is 0 Å². The maximum Gasteiger partial charge on any atom is 0.123 e. The van der Waals surface area contributed by atoms with E-state index in [0.717, 1.165) is 29.9 Å². The minimum Gasteiger partial charge on any atom is -0.493 e. The van der Waals surface area contributed by atoms with Crippen molar-refractivity contribution < 1.29 is 9.13 Å². The Kier molecular flexibility index (Phi) is 3.48. The number of benzene rings is 2. The predicted molar refractivity (Wildman–Crippen MR) is 84.1 cm³/mol. The van der Waals surface area contributed by atoms with E-state index >= 15 is 0 Å². The Hall–Kier alpha value is -1.83. The van der Waals surface area contributed by atoms with Gasteiger partial charge in [0, 0.05) is 0 Å². The lowest BCUT2D eigenvalue weighted by Crippen LogP contribution is -2.25. The molecule has 110 valence electrons. The van der Waals surface area contributed by atoms with E-state index in [0.29, 0.717) is 5.92 Å². The second-order valence-corrected chi connectivity index (χ2v) is 6.82. The zero-order valence-corrected chi connectivity index (χ0v) is 12.8. The number of fused-ring (bicyclic) bond motifs is 1. The van der Waals surface area contributed by atoms with Crippen molar-refractivity contribution in [3.8, 4) is 16.9 Å². The van der Waals surface area contributed by atoms with Gasteiger partial charge in [-0.1, -0.05) is 39.0 Å². The first-order chi connectivity index (χ1) is 9.95. The minimum atomic E-state index is -0.201. The third kappa shape index (κ3) is 2.80. The summed E-state index contributed by atoms with van der Waals surface area (Å²) in [6.07, 6.45) is 1.05. The molecule has 1 heterocycles. The molecular weight excluding hydrogens is 263 g/mol. The average molecular weight is 284 g/mol. The van der Waals surface area contributed by atoms with Crippen LogP contribution < -0.4 is 4.74 Å². The van der Waals surface area contributed by atoms with E-state index in [1.165, 1.54) is 17.7 Å². The smallest absolute Gasteiger partial charge is 0.123 e. The minimum absolute atomic E-state index is 0.201. The van der Waals surface area contributed by atoms with E-state index in [1.807, 2.05) is 18.2 Å². The Labute approximate surface area is 125 Å². The number of ether oxygens (including phenoxy) is 1. The molecule has 1 atom stereocenters. The van der Waals surface area contributed by atoms with Crippen LogP contribution in [0.25, 0.3) is 11.1 Å². The molecule has 2 heteroatoms. The first kappa shape index (κ1) is 14.1. The maximum atomic E-state index is 13.1. The Morgan fingerprint density at radius 2 is 1.67 bits per heavy atom. The molecule has 2 aromatic carbocycles. The molecule has 0 aliphatic carbocycles. The summed E-state index contributed by atoms with van der Waals surface area (Å²) in [5.74, 6) is 1.28. The van der Waals surface area contributed by atoms with Crippen molar-refractivity contribution in [3.63, 3.8) is 0 Å². The predicted octanol–water partition coefficient (Wildman–Crippen LogP) is 5.40. The highest BCUT2D eigenvalue weighted by Crippen LogP contribution is 2.45. The van der Waals surface area contributed by atoms with Crippen LogP contribution in [0.5, 0.6) is 5.75 Å². The zero-order valence-electron chi connectivity index (χ0n) is 12.8. The van der Waals surface area contributed by atoms with E-state index in [9.17, 15) is 4.39 Å². The van der Waals surface area contributed by atoms with Gasteiger partial charge in [-0.3, -0.25) is 0 Å². The van der Waals surface area contributed by atoms with Crippen molar-refractivity contribution in [2.45, 2.75) is 33.1 Å². The van der Waals surface area contributed by atoms with Gasteiger partial charge in [0.15, 0.2) is 0 Å². The number of hydrogen-bond donors (Lipinski definition) is 0. The standard InChI is InChI=1S/C19H21FO/c1-19(2,3)17-10-11-21-18-9-6-14(12-16(17)18)13-4-7-15(20)8-5-13/h4-9,12,17H,10-11H2,1-3H3. The molecule has 1 aliphatic rings. The zero-order chi connectivity index (χ0) is 15.0. The van der Waals surface area contributed by atoms with E-state index in [2.05, 4.69) is 32.9 Å². The monoisotopic (exact) mass is 284 g/mol. The molecule has 1 unspecified atom stereocenters. The lowest BCUT2D eigenvalue weighted by molar-refractivity contribution is 0.204. The molecule has 0 spiro atoms. The topological polar surface area (TPSA) is 9.23 Å². The van der Waals surface area contributed by atoms with Crippen molar-refractivity contribution in [2.24, 2.45) is 5.41 Å². The fourth-order valence-electron chi connectivity index (χ4n) is 3.12. The fourth-order valence-corrected chi connectivity index (χ4v) is 3.12. The van der Waals surface area contributed by atoms with Crippen LogP contribution >= 0.6 is 0 Å². The third-order valence-corrected chi connectivity index (χ3v) is 4.27. The molecule has 0 bridgehead atoms. The highest BCUT2D eigenvalue weighted by atomic mass is 19.1. The summed E-state index contributed by atoms with van der Waals surface area (Å²) in [6.45, 7) is 7.61. The third-order valence-electron chi connectivity index (χ3n) is 4.27. The number of rotatable bonds is 1. The molecule has 0 radical (unpaired) electrons. The average Bonchev–Trinajstić information content (AvgIpc) is 2.46. The first-order valence-electron chi connectivity index (χ1n) is 7.48. The van der Waals surface area contributed by atoms with Crippen LogP contribution in [0.4, 0.5) is 4.39 Å². The fraction of sp³-hybridized carbons (Fsp3) is 0.368. The van der Waals surface area contributed by atoms with Crippen molar-refractivity contribution in [1.29, 1.82) is 0 Å². The lowest BCUT2D eigenvalue weighted by Gasteiger charge is -2.36. The summed E-state index contributed by atoms with van der Waals surface area (Å²) >= 11 is 0. The van der Waals surface area contributed by atoms with Gasteiger partial charge in [-0.15, -0.1) is 0 Å². The molecule has 0 aromatic heterocycles. The normalized spacial score (nSPS) is 18.0. The lowest BCUT2D eigenvalue weighted by atomic mass is 9.73. The van der Waals surface area contributed by atoms with Gasteiger partial charge >= 0.3 is 0 Å². The van der Waals surface area contributed by atoms with Gasteiger partial charge in [0.1, 0.15) is 11.6 Å². The summed E-state index contributed by atoms with van der Waals surface area (Å²) in [5, 5.41) is 0. The summed E-state index contributed by atoms with van der Waals surface area (Å²) in [7, 11) is 0. The molecule has 0 N–H and O–H groups in total. The first-order valence-corrected chi connectivity index (χ1v) is 7.48. The van der Waals surface area contributed by atoms with Crippen LogP contribution in [-0.2, 0) is 0 Å². The number of halogens is 1. The van der Waals surface area contributed by atoms with Gasteiger partial charge < -0.3 is 4.74 Å². The van der Waals surface area contributed by atoms with Crippen LogP contribution in [0.3, 0.4) is 0 Å². The molecule has 0 fully saturated rings. The number of hydrogen-bond acceptors (Lipinski definition) is 1. The Morgan fingerprint density at radius 3 is 2.33 bits per heavy atom. The summed E-state index contributed by atoms with van der Waals surface area (Å²) in [6, 6.07) is 13.0. The van der Waals surface area contributed by atoms with Gasteiger partial charge in [0.05, 0.1) is 6.61 Å². The van der Waals surface area contributed by atoms with Crippen LogP contribution in [0, 0.1) is 11.2 Å². The summed E-state index contributed by atoms with van der Waals surface area (Å²) < 4.78 is 18.9. The van der Waals surface area contributed by atoms with Crippen LogP contribution in [0.1, 0.15) is 38.7 Å². The molecular formula is C19H21FO. The van der Waals surface area contributed by atoms with Crippen LogP contribution in [-0.4, -0.2) is 6.61 Å². The van der Waals surface area contributed by atoms with Gasteiger partial charge in [-0.05, 0) is 58.7 Å². The van der Waals surface area contributed by atoms with Gasteiger partial charge in [-0.2, -0.15) is 0 Å². The van der Waals surface area contributed by atoms with Crippen molar-refractivity contribution in [1.82, 2.24) is 0 Å². The van der Waals surface area contributed by atoms with E-state index < -0.39 is 0 Å². The van der Waals surface area contributed by atoms with Gasteiger partial charge in [0.25, 0.3) is 0 Å². The quantitative estimate of drug-likeness (QED) is 0.680. The van der Waals surface area contributed by atoms with Crippen molar-refractivity contribution in [2.75, 3.05) is 6.61 Å².